The molecule has 2 heterocycles. The van der Waals surface area contributed by atoms with Gasteiger partial charge in [0.05, 0.1) is 5.69 Å². The first kappa shape index (κ1) is 11.4. The number of hydrogen-bond donors (Lipinski definition) is 2. The van der Waals surface area contributed by atoms with Gasteiger partial charge in [0.25, 0.3) is 0 Å². The van der Waals surface area contributed by atoms with Gasteiger partial charge in [0.2, 0.25) is 5.95 Å². The third-order valence-corrected chi connectivity index (χ3v) is 4.03. The van der Waals surface area contributed by atoms with Crippen molar-refractivity contribution in [3.05, 3.63) is 22.3 Å². The number of aromatic nitrogens is 3. The highest BCUT2D eigenvalue weighted by atomic mass is 32.1. The minimum absolute atomic E-state index is 0.291. The van der Waals surface area contributed by atoms with Gasteiger partial charge in [-0.1, -0.05) is 0 Å². The van der Waals surface area contributed by atoms with E-state index in [1.807, 2.05) is 13.0 Å². The van der Waals surface area contributed by atoms with Crippen LogP contribution in [-0.2, 0) is 12.8 Å². The molecular formula is C12H15N5S. The van der Waals surface area contributed by atoms with E-state index >= 15 is 0 Å². The first-order valence-corrected chi connectivity index (χ1v) is 6.89. The first-order chi connectivity index (χ1) is 8.70. The summed E-state index contributed by atoms with van der Waals surface area (Å²) in [6.45, 7) is 1.90. The van der Waals surface area contributed by atoms with Crippen molar-refractivity contribution >= 4 is 28.2 Å². The summed E-state index contributed by atoms with van der Waals surface area (Å²) < 4.78 is 0. The molecule has 5 nitrogen and oxygen atoms in total. The molecule has 94 valence electrons. The number of nitrogen functional groups attached to an aromatic ring is 1. The van der Waals surface area contributed by atoms with Crippen LogP contribution in [0.3, 0.4) is 0 Å². The predicted molar refractivity (Wildman–Crippen MR) is 73.2 cm³/mol. The molecule has 18 heavy (non-hydrogen) atoms. The molecule has 0 aromatic carbocycles. The van der Waals surface area contributed by atoms with E-state index < -0.39 is 0 Å². The number of nitrogens with zero attached hydrogens (tertiary/aromatic N) is 3. The molecule has 0 fully saturated rings. The van der Waals surface area contributed by atoms with Crippen molar-refractivity contribution in [2.75, 3.05) is 11.1 Å². The van der Waals surface area contributed by atoms with Gasteiger partial charge < -0.3 is 11.1 Å². The lowest BCUT2D eigenvalue weighted by molar-refractivity contribution is 0.683. The Hall–Kier alpha value is -1.69. The van der Waals surface area contributed by atoms with Gasteiger partial charge in [0.15, 0.2) is 5.13 Å². The zero-order valence-corrected chi connectivity index (χ0v) is 11.0. The summed E-state index contributed by atoms with van der Waals surface area (Å²) >= 11 is 1.72. The van der Waals surface area contributed by atoms with Crippen LogP contribution in [0.1, 0.15) is 29.1 Å². The Bertz CT molecular complexity index is 534. The standard InChI is InChI=1S/C12H15N5S/c1-7-6-10(16-11(13)14-7)17-12-15-8-4-2-3-5-9(8)18-12/h6H,2-5H2,1H3,(H3,13,14,15,16,17). The SMILES string of the molecule is Cc1cc(Nc2nc3c(s2)CCCC3)nc(N)n1. The smallest absolute Gasteiger partial charge is 0.222 e. The van der Waals surface area contributed by atoms with E-state index in [1.54, 1.807) is 11.3 Å². The van der Waals surface area contributed by atoms with Crippen molar-refractivity contribution in [1.82, 2.24) is 15.0 Å². The van der Waals surface area contributed by atoms with E-state index in [-0.39, 0.29) is 0 Å². The van der Waals surface area contributed by atoms with Gasteiger partial charge in [-0.2, -0.15) is 4.98 Å². The molecule has 0 spiro atoms. The summed E-state index contributed by atoms with van der Waals surface area (Å²) in [6.07, 6.45) is 4.77. The minimum Gasteiger partial charge on any atom is -0.368 e. The van der Waals surface area contributed by atoms with Gasteiger partial charge in [0.1, 0.15) is 5.82 Å². The average molecular weight is 261 g/mol. The molecule has 0 amide bonds. The summed E-state index contributed by atoms with van der Waals surface area (Å²) in [6, 6.07) is 1.87. The molecule has 0 atom stereocenters. The van der Waals surface area contributed by atoms with E-state index in [0.717, 1.165) is 23.7 Å². The average Bonchev–Trinajstić information content (AvgIpc) is 2.69. The highest BCUT2D eigenvalue weighted by Gasteiger charge is 2.15. The van der Waals surface area contributed by atoms with Crippen molar-refractivity contribution in [1.29, 1.82) is 0 Å². The molecule has 6 heteroatoms. The number of hydrogen-bond acceptors (Lipinski definition) is 6. The lowest BCUT2D eigenvalue weighted by Crippen LogP contribution is -2.01. The second-order valence-corrected chi connectivity index (χ2v) is 5.56. The lowest BCUT2D eigenvalue weighted by Gasteiger charge is -2.06. The largest absolute Gasteiger partial charge is 0.368 e. The number of fused-ring (bicyclic) bond motifs is 1. The Kier molecular flexibility index (Phi) is 2.87. The molecular weight excluding hydrogens is 246 g/mol. The molecule has 1 aliphatic carbocycles. The minimum atomic E-state index is 0.291. The maximum Gasteiger partial charge on any atom is 0.222 e. The van der Waals surface area contributed by atoms with Crippen molar-refractivity contribution in [2.45, 2.75) is 32.6 Å². The van der Waals surface area contributed by atoms with Crippen molar-refractivity contribution in [3.63, 3.8) is 0 Å². The molecule has 1 aliphatic rings. The second-order valence-electron chi connectivity index (χ2n) is 4.47. The van der Waals surface area contributed by atoms with E-state index in [2.05, 4.69) is 20.3 Å². The Morgan fingerprint density at radius 2 is 2.06 bits per heavy atom. The molecule has 0 saturated carbocycles. The van der Waals surface area contributed by atoms with Gasteiger partial charge in [-0.3, -0.25) is 0 Å². The monoisotopic (exact) mass is 261 g/mol. The van der Waals surface area contributed by atoms with Gasteiger partial charge >= 0.3 is 0 Å². The number of aryl methyl sites for hydroxylation is 3. The Morgan fingerprint density at radius 3 is 2.83 bits per heavy atom. The molecule has 0 radical (unpaired) electrons. The summed E-state index contributed by atoms with van der Waals surface area (Å²) in [5, 5.41) is 4.12. The number of nitrogens with one attached hydrogen (secondary N) is 1. The van der Waals surface area contributed by atoms with E-state index in [1.165, 1.54) is 23.4 Å². The van der Waals surface area contributed by atoms with Crippen molar-refractivity contribution in [2.24, 2.45) is 0 Å². The molecule has 0 saturated heterocycles. The lowest BCUT2D eigenvalue weighted by atomic mass is 10.0. The summed E-state index contributed by atoms with van der Waals surface area (Å²) in [4.78, 5) is 14.2. The quantitative estimate of drug-likeness (QED) is 0.868. The van der Waals surface area contributed by atoms with E-state index in [9.17, 15) is 0 Å². The highest BCUT2D eigenvalue weighted by Crippen LogP contribution is 2.30. The van der Waals surface area contributed by atoms with Crippen LogP contribution in [0.2, 0.25) is 0 Å². The van der Waals surface area contributed by atoms with Gasteiger partial charge in [0, 0.05) is 16.6 Å². The number of nitrogens with two attached hydrogens (primary N) is 1. The van der Waals surface area contributed by atoms with Crippen LogP contribution in [0.4, 0.5) is 16.9 Å². The third kappa shape index (κ3) is 2.28. The zero-order valence-electron chi connectivity index (χ0n) is 10.2. The van der Waals surface area contributed by atoms with E-state index in [4.69, 9.17) is 5.73 Å². The number of anilines is 3. The molecule has 3 rings (SSSR count). The van der Waals surface area contributed by atoms with E-state index in [0.29, 0.717) is 11.8 Å². The fourth-order valence-corrected chi connectivity index (χ4v) is 3.23. The Labute approximate surface area is 109 Å². The van der Waals surface area contributed by atoms with Crippen LogP contribution >= 0.6 is 11.3 Å². The highest BCUT2D eigenvalue weighted by molar-refractivity contribution is 7.15. The Morgan fingerprint density at radius 1 is 1.22 bits per heavy atom. The maximum atomic E-state index is 5.63. The molecule has 0 aliphatic heterocycles. The van der Waals surface area contributed by atoms with Crippen LogP contribution in [0.15, 0.2) is 6.07 Å². The van der Waals surface area contributed by atoms with Gasteiger partial charge in [-0.15, -0.1) is 11.3 Å². The number of thiazole rings is 1. The Balaban J connectivity index is 1.85. The van der Waals surface area contributed by atoms with Crippen LogP contribution in [-0.4, -0.2) is 15.0 Å². The zero-order chi connectivity index (χ0) is 12.5. The van der Waals surface area contributed by atoms with Crippen molar-refractivity contribution < 1.29 is 0 Å². The molecule has 2 aromatic heterocycles. The maximum absolute atomic E-state index is 5.63. The van der Waals surface area contributed by atoms with Gasteiger partial charge in [-0.05, 0) is 32.6 Å². The molecule has 2 aromatic rings. The first-order valence-electron chi connectivity index (χ1n) is 6.07. The van der Waals surface area contributed by atoms with Gasteiger partial charge in [-0.25, -0.2) is 9.97 Å². The third-order valence-electron chi connectivity index (χ3n) is 2.95. The second kappa shape index (κ2) is 4.53. The van der Waals surface area contributed by atoms with Crippen LogP contribution in [0.25, 0.3) is 0 Å². The normalized spacial score (nSPS) is 14.3. The molecule has 3 N–H and O–H groups in total. The van der Waals surface area contributed by atoms with Crippen molar-refractivity contribution in [3.8, 4) is 0 Å². The summed E-state index contributed by atoms with van der Waals surface area (Å²) in [5.74, 6) is 1.00. The topological polar surface area (TPSA) is 76.7 Å². The molecule has 0 bridgehead atoms. The number of rotatable bonds is 2. The van der Waals surface area contributed by atoms with Crippen LogP contribution in [0.5, 0.6) is 0 Å². The molecule has 0 unspecified atom stereocenters. The van der Waals surface area contributed by atoms with Crippen LogP contribution in [0, 0.1) is 6.92 Å². The fraction of sp³-hybridized carbons (Fsp3) is 0.417. The summed E-state index contributed by atoms with van der Waals surface area (Å²) in [7, 11) is 0. The fourth-order valence-electron chi connectivity index (χ4n) is 2.17. The summed E-state index contributed by atoms with van der Waals surface area (Å²) in [5.41, 5.74) is 7.73. The van der Waals surface area contributed by atoms with Crippen LogP contribution < -0.4 is 11.1 Å². The predicted octanol–water partition coefficient (Wildman–Crippen LogP) is 2.45.